The van der Waals surface area contributed by atoms with E-state index < -0.39 is 0 Å². The molecule has 21 heavy (non-hydrogen) atoms. The first-order valence-electron chi connectivity index (χ1n) is 6.74. The van der Waals surface area contributed by atoms with Crippen LogP contribution in [-0.4, -0.2) is 63.3 Å². The zero-order valence-electron chi connectivity index (χ0n) is 12.0. The first-order chi connectivity index (χ1) is 10.1. The van der Waals surface area contributed by atoms with Crippen LogP contribution < -0.4 is 10.2 Å². The van der Waals surface area contributed by atoms with E-state index in [0.29, 0.717) is 17.7 Å². The number of aromatic amines is 1. The maximum absolute atomic E-state index is 6.00. The number of nitrogens with zero attached hydrogens (tertiary/aromatic N) is 6. The molecular formula is C12H17ClN8. The molecule has 9 heteroatoms. The molecule has 0 aliphatic carbocycles. The second-order valence-electron chi connectivity index (χ2n) is 5.08. The summed E-state index contributed by atoms with van der Waals surface area (Å²) in [7, 11) is 2.10. The highest BCUT2D eigenvalue weighted by Gasteiger charge is 2.18. The fourth-order valence-electron chi connectivity index (χ4n) is 2.14. The van der Waals surface area contributed by atoms with Gasteiger partial charge in [0.25, 0.3) is 0 Å². The third-order valence-electron chi connectivity index (χ3n) is 3.33. The molecule has 8 nitrogen and oxygen atoms in total. The van der Waals surface area contributed by atoms with Crippen molar-refractivity contribution in [3.8, 4) is 0 Å². The quantitative estimate of drug-likeness (QED) is 0.876. The van der Waals surface area contributed by atoms with Crippen molar-refractivity contribution in [1.82, 2.24) is 30.0 Å². The molecule has 0 unspecified atom stereocenters. The molecule has 1 saturated heterocycles. The van der Waals surface area contributed by atoms with Crippen molar-refractivity contribution in [3.05, 3.63) is 17.0 Å². The van der Waals surface area contributed by atoms with Gasteiger partial charge in [0, 0.05) is 37.9 Å². The van der Waals surface area contributed by atoms with Gasteiger partial charge in [0.15, 0.2) is 5.82 Å². The van der Waals surface area contributed by atoms with E-state index in [0.717, 1.165) is 31.9 Å². The van der Waals surface area contributed by atoms with E-state index in [4.69, 9.17) is 11.6 Å². The number of halogens is 1. The van der Waals surface area contributed by atoms with Crippen LogP contribution in [0.1, 0.15) is 5.69 Å². The summed E-state index contributed by atoms with van der Waals surface area (Å²) in [5.41, 5.74) is 0.956. The molecule has 1 aliphatic rings. The number of likely N-dealkylation sites (N-methyl/N-ethyl adjacent to an activating group) is 1. The van der Waals surface area contributed by atoms with Gasteiger partial charge in [-0.15, -0.1) is 0 Å². The monoisotopic (exact) mass is 308 g/mol. The van der Waals surface area contributed by atoms with E-state index in [1.807, 2.05) is 13.0 Å². The van der Waals surface area contributed by atoms with E-state index >= 15 is 0 Å². The molecule has 0 amide bonds. The van der Waals surface area contributed by atoms with Gasteiger partial charge < -0.3 is 15.1 Å². The van der Waals surface area contributed by atoms with E-state index in [2.05, 4.69) is 47.3 Å². The summed E-state index contributed by atoms with van der Waals surface area (Å²) in [6, 6.07) is 1.87. The van der Waals surface area contributed by atoms with Crippen molar-refractivity contribution < 1.29 is 0 Å². The third kappa shape index (κ3) is 3.40. The van der Waals surface area contributed by atoms with Crippen LogP contribution in [0.15, 0.2) is 6.07 Å². The SMILES string of the molecule is Cc1cc(Nc2nc(Cl)nc(N3CCN(C)CC3)n2)n[nH]1. The highest BCUT2D eigenvalue weighted by Crippen LogP contribution is 2.18. The number of piperazine rings is 1. The van der Waals surface area contributed by atoms with Crippen molar-refractivity contribution in [1.29, 1.82) is 0 Å². The Morgan fingerprint density at radius 1 is 1.19 bits per heavy atom. The molecule has 0 aromatic carbocycles. The van der Waals surface area contributed by atoms with Gasteiger partial charge in [-0.1, -0.05) is 0 Å². The fourth-order valence-corrected chi connectivity index (χ4v) is 2.30. The van der Waals surface area contributed by atoms with Gasteiger partial charge >= 0.3 is 0 Å². The van der Waals surface area contributed by atoms with Gasteiger partial charge in [0.2, 0.25) is 17.2 Å². The van der Waals surface area contributed by atoms with E-state index in [1.54, 1.807) is 0 Å². The summed E-state index contributed by atoms with van der Waals surface area (Å²) < 4.78 is 0. The number of hydrogen-bond acceptors (Lipinski definition) is 7. The lowest BCUT2D eigenvalue weighted by atomic mass is 10.3. The largest absolute Gasteiger partial charge is 0.338 e. The number of hydrogen-bond donors (Lipinski definition) is 2. The molecule has 2 aromatic heterocycles. The van der Waals surface area contributed by atoms with Crippen molar-refractivity contribution in [3.63, 3.8) is 0 Å². The number of aromatic nitrogens is 5. The Bertz CT molecular complexity index is 619. The fraction of sp³-hybridized carbons (Fsp3) is 0.500. The lowest BCUT2D eigenvalue weighted by Crippen LogP contribution is -2.45. The van der Waals surface area contributed by atoms with Crippen LogP contribution in [0.3, 0.4) is 0 Å². The van der Waals surface area contributed by atoms with E-state index in [9.17, 15) is 0 Å². The van der Waals surface area contributed by atoms with Crippen LogP contribution in [-0.2, 0) is 0 Å². The molecule has 3 rings (SSSR count). The molecule has 0 bridgehead atoms. The predicted molar refractivity (Wildman–Crippen MR) is 81.2 cm³/mol. The second kappa shape index (κ2) is 5.82. The van der Waals surface area contributed by atoms with Gasteiger partial charge in [0.1, 0.15) is 0 Å². The summed E-state index contributed by atoms with van der Waals surface area (Å²) >= 11 is 6.00. The van der Waals surface area contributed by atoms with Crippen molar-refractivity contribution in [2.75, 3.05) is 43.4 Å². The van der Waals surface area contributed by atoms with Crippen molar-refractivity contribution in [2.24, 2.45) is 0 Å². The highest BCUT2D eigenvalue weighted by molar-refractivity contribution is 6.28. The Labute approximate surface area is 127 Å². The molecule has 2 N–H and O–H groups in total. The second-order valence-corrected chi connectivity index (χ2v) is 5.42. The van der Waals surface area contributed by atoms with Crippen LogP contribution in [0.25, 0.3) is 0 Å². The maximum Gasteiger partial charge on any atom is 0.234 e. The summed E-state index contributed by atoms with van der Waals surface area (Å²) in [4.78, 5) is 17.1. The average Bonchev–Trinajstić information content (AvgIpc) is 2.84. The minimum absolute atomic E-state index is 0.175. The molecule has 1 aliphatic heterocycles. The maximum atomic E-state index is 6.00. The van der Waals surface area contributed by atoms with Gasteiger partial charge in [-0.2, -0.15) is 20.1 Å². The van der Waals surface area contributed by atoms with Crippen LogP contribution in [0.2, 0.25) is 5.28 Å². The minimum atomic E-state index is 0.175. The zero-order chi connectivity index (χ0) is 14.8. The van der Waals surface area contributed by atoms with E-state index in [-0.39, 0.29) is 5.28 Å². The lowest BCUT2D eigenvalue weighted by Gasteiger charge is -2.32. The highest BCUT2D eigenvalue weighted by atomic mass is 35.5. The summed E-state index contributed by atoms with van der Waals surface area (Å²) in [6.07, 6.45) is 0. The summed E-state index contributed by atoms with van der Waals surface area (Å²) in [5.74, 6) is 1.65. The molecule has 0 spiro atoms. The Morgan fingerprint density at radius 3 is 2.62 bits per heavy atom. The Hall–Kier alpha value is -1.93. The average molecular weight is 309 g/mol. The van der Waals surface area contributed by atoms with Crippen LogP contribution in [0.4, 0.5) is 17.7 Å². The molecule has 2 aromatic rings. The first kappa shape index (κ1) is 14.0. The van der Waals surface area contributed by atoms with Gasteiger partial charge in [-0.3, -0.25) is 5.10 Å². The summed E-state index contributed by atoms with van der Waals surface area (Å²) in [6.45, 7) is 5.62. The Kier molecular flexibility index (Phi) is 3.89. The normalized spacial score (nSPS) is 16.2. The number of rotatable bonds is 3. The molecule has 0 atom stereocenters. The molecule has 1 fully saturated rings. The standard InChI is InChI=1S/C12H17ClN8/c1-8-7-9(19-18-8)14-11-15-10(13)16-12(17-11)21-5-3-20(2)4-6-21/h7H,3-6H2,1-2H3,(H2,14,15,16,17,18,19). The van der Waals surface area contributed by atoms with E-state index in [1.165, 1.54) is 0 Å². The summed E-state index contributed by atoms with van der Waals surface area (Å²) in [5, 5.41) is 10.1. The molecule has 0 saturated carbocycles. The minimum Gasteiger partial charge on any atom is -0.338 e. The van der Waals surface area contributed by atoms with Crippen LogP contribution in [0.5, 0.6) is 0 Å². The molecular weight excluding hydrogens is 292 g/mol. The van der Waals surface area contributed by atoms with Gasteiger partial charge in [-0.05, 0) is 25.6 Å². The predicted octanol–water partition coefficient (Wildman–Crippen LogP) is 1.05. The smallest absolute Gasteiger partial charge is 0.234 e. The number of nitrogens with one attached hydrogen (secondary N) is 2. The first-order valence-corrected chi connectivity index (χ1v) is 7.12. The molecule has 0 radical (unpaired) electrons. The Morgan fingerprint density at radius 2 is 1.95 bits per heavy atom. The van der Waals surface area contributed by atoms with Crippen LogP contribution in [0, 0.1) is 6.92 Å². The van der Waals surface area contributed by atoms with Gasteiger partial charge in [0.05, 0.1) is 0 Å². The topological polar surface area (TPSA) is 85.9 Å². The number of anilines is 3. The molecule has 3 heterocycles. The van der Waals surface area contributed by atoms with Crippen LogP contribution >= 0.6 is 11.6 Å². The van der Waals surface area contributed by atoms with Crippen molar-refractivity contribution in [2.45, 2.75) is 6.92 Å². The number of aryl methyl sites for hydroxylation is 1. The zero-order valence-corrected chi connectivity index (χ0v) is 12.7. The lowest BCUT2D eigenvalue weighted by molar-refractivity contribution is 0.311. The third-order valence-corrected chi connectivity index (χ3v) is 3.50. The molecule has 112 valence electrons. The van der Waals surface area contributed by atoms with Gasteiger partial charge in [-0.25, -0.2) is 0 Å². The Balaban J connectivity index is 1.79. The van der Waals surface area contributed by atoms with Crippen molar-refractivity contribution >= 4 is 29.3 Å². The number of H-pyrrole nitrogens is 1.